The summed E-state index contributed by atoms with van der Waals surface area (Å²) in [7, 11) is 0. The van der Waals surface area contributed by atoms with Crippen molar-refractivity contribution in [2.45, 2.75) is 19.6 Å². The summed E-state index contributed by atoms with van der Waals surface area (Å²) < 4.78 is 5.56. The number of amides is 1. The zero-order chi connectivity index (χ0) is 17.5. The average Bonchev–Trinajstić information content (AvgIpc) is 3.07. The molecule has 8 nitrogen and oxygen atoms in total. The molecule has 1 heterocycles. The molecule has 1 aromatic carbocycles. The highest BCUT2D eigenvalue weighted by atomic mass is 16.5. The van der Waals surface area contributed by atoms with Gasteiger partial charge in [-0.1, -0.05) is 12.1 Å². The molecular formula is C16H19N3O5. The number of nitrogens with one attached hydrogen (secondary N) is 2. The van der Waals surface area contributed by atoms with E-state index < -0.39 is 11.9 Å². The van der Waals surface area contributed by atoms with Crippen LogP contribution < -0.4 is 10.1 Å². The molecule has 2 aromatic rings. The zero-order valence-corrected chi connectivity index (χ0v) is 13.2. The van der Waals surface area contributed by atoms with E-state index in [9.17, 15) is 9.59 Å². The van der Waals surface area contributed by atoms with Gasteiger partial charge in [-0.05, 0) is 25.1 Å². The molecule has 0 aliphatic carbocycles. The quantitative estimate of drug-likeness (QED) is 0.514. The van der Waals surface area contributed by atoms with Gasteiger partial charge in [-0.15, -0.1) is 0 Å². The van der Waals surface area contributed by atoms with Gasteiger partial charge in [0.1, 0.15) is 18.1 Å². The Morgan fingerprint density at radius 2 is 2.04 bits per heavy atom. The third-order valence-corrected chi connectivity index (χ3v) is 3.27. The minimum Gasteiger partial charge on any atom is -0.487 e. The first-order valence-electron chi connectivity index (χ1n) is 7.34. The second kappa shape index (κ2) is 8.23. The molecular weight excluding hydrogens is 314 g/mol. The second-order valence-corrected chi connectivity index (χ2v) is 5.19. The van der Waals surface area contributed by atoms with Crippen molar-refractivity contribution in [1.82, 2.24) is 15.5 Å². The number of ether oxygens (including phenoxy) is 1. The standard InChI is InChI=1S/C16H19N3O5/c1-10(22)11-3-2-4-14(5-11)24-9-12-6-15(19-18-12)16(23)17-13(7-20)8-21/h2-6,13,20-21H,7-9H2,1H3,(H,17,23)(H,18,19). The number of aromatic amines is 1. The van der Waals surface area contributed by atoms with Gasteiger partial charge in [-0.25, -0.2) is 0 Å². The lowest BCUT2D eigenvalue weighted by Gasteiger charge is -2.11. The van der Waals surface area contributed by atoms with Gasteiger partial charge in [0.2, 0.25) is 0 Å². The van der Waals surface area contributed by atoms with Gasteiger partial charge in [0.15, 0.2) is 5.78 Å². The number of aliphatic hydroxyl groups is 2. The van der Waals surface area contributed by atoms with Gasteiger partial charge >= 0.3 is 0 Å². The first-order valence-corrected chi connectivity index (χ1v) is 7.34. The van der Waals surface area contributed by atoms with E-state index in [1.807, 2.05) is 0 Å². The number of nitrogens with zero attached hydrogens (tertiary/aromatic N) is 1. The number of benzene rings is 1. The molecule has 0 fully saturated rings. The van der Waals surface area contributed by atoms with Crippen LogP contribution in [-0.4, -0.2) is 51.4 Å². The van der Waals surface area contributed by atoms with E-state index in [1.165, 1.54) is 13.0 Å². The topological polar surface area (TPSA) is 125 Å². The Labute approximate surface area is 138 Å². The molecule has 1 aromatic heterocycles. The molecule has 0 unspecified atom stereocenters. The third-order valence-electron chi connectivity index (χ3n) is 3.27. The van der Waals surface area contributed by atoms with Crippen molar-refractivity contribution < 1.29 is 24.5 Å². The van der Waals surface area contributed by atoms with Gasteiger partial charge in [0.05, 0.1) is 24.9 Å². The molecule has 128 valence electrons. The van der Waals surface area contributed by atoms with Crippen LogP contribution in [0.15, 0.2) is 30.3 Å². The Morgan fingerprint density at radius 3 is 2.71 bits per heavy atom. The fourth-order valence-electron chi connectivity index (χ4n) is 1.93. The van der Waals surface area contributed by atoms with Gasteiger partial charge in [-0.2, -0.15) is 5.10 Å². The summed E-state index contributed by atoms with van der Waals surface area (Å²) >= 11 is 0. The van der Waals surface area contributed by atoms with Crippen molar-refractivity contribution in [3.05, 3.63) is 47.3 Å². The van der Waals surface area contributed by atoms with Crippen molar-refractivity contribution >= 4 is 11.7 Å². The van der Waals surface area contributed by atoms with E-state index in [1.54, 1.807) is 24.3 Å². The average molecular weight is 333 g/mol. The van der Waals surface area contributed by atoms with E-state index >= 15 is 0 Å². The Bertz CT molecular complexity index is 709. The van der Waals surface area contributed by atoms with Crippen molar-refractivity contribution in [3.63, 3.8) is 0 Å². The van der Waals surface area contributed by atoms with E-state index in [0.29, 0.717) is 17.0 Å². The maximum atomic E-state index is 11.9. The van der Waals surface area contributed by atoms with Gasteiger partial charge in [0.25, 0.3) is 5.91 Å². The van der Waals surface area contributed by atoms with Gasteiger partial charge in [0, 0.05) is 5.56 Å². The molecule has 0 atom stereocenters. The number of hydrogen-bond acceptors (Lipinski definition) is 6. The molecule has 0 spiro atoms. The minimum atomic E-state index is -0.733. The van der Waals surface area contributed by atoms with Crippen molar-refractivity contribution in [1.29, 1.82) is 0 Å². The SMILES string of the molecule is CC(=O)c1cccc(OCc2cc(C(=O)NC(CO)CO)n[nH]2)c1. The fourth-order valence-corrected chi connectivity index (χ4v) is 1.93. The van der Waals surface area contributed by atoms with Crippen molar-refractivity contribution in [3.8, 4) is 5.75 Å². The van der Waals surface area contributed by atoms with Crippen LogP contribution in [0.25, 0.3) is 0 Å². The maximum absolute atomic E-state index is 11.9. The number of carbonyl (C=O) groups is 2. The molecule has 24 heavy (non-hydrogen) atoms. The number of Topliss-reactive ketones (excluding diaryl/α,β-unsaturated/α-hetero) is 1. The van der Waals surface area contributed by atoms with Crippen LogP contribution in [0.1, 0.15) is 33.5 Å². The van der Waals surface area contributed by atoms with E-state index in [4.69, 9.17) is 14.9 Å². The zero-order valence-electron chi connectivity index (χ0n) is 13.2. The summed E-state index contributed by atoms with van der Waals surface area (Å²) in [5.74, 6) is -0.0311. The normalized spacial score (nSPS) is 10.7. The highest BCUT2D eigenvalue weighted by molar-refractivity contribution is 5.94. The Balaban J connectivity index is 1.95. The lowest BCUT2D eigenvalue weighted by molar-refractivity contribution is 0.0874. The number of H-pyrrole nitrogens is 1. The van der Waals surface area contributed by atoms with Gasteiger partial charge < -0.3 is 20.3 Å². The molecule has 8 heteroatoms. The number of hydrogen-bond donors (Lipinski definition) is 4. The van der Waals surface area contributed by atoms with E-state index in [0.717, 1.165) is 0 Å². The van der Waals surface area contributed by atoms with Crippen LogP contribution >= 0.6 is 0 Å². The number of aromatic nitrogens is 2. The van der Waals surface area contributed by atoms with Crippen LogP contribution in [0.4, 0.5) is 0 Å². The smallest absolute Gasteiger partial charge is 0.272 e. The van der Waals surface area contributed by atoms with Crippen LogP contribution in [0.2, 0.25) is 0 Å². The van der Waals surface area contributed by atoms with Crippen LogP contribution in [0.5, 0.6) is 5.75 Å². The number of ketones is 1. The molecule has 0 aliphatic rings. The monoisotopic (exact) mass is 333 g/mol. The lowest BCUT2D eigenvalue weighted by atomic mass is 10.1. The summed E-state index contributed by atoms with van der Waals surface area (Å²) in [6.45, 7) is 0.889. The van der Waals surface area contributed by atoms with Crippen LogP contribution in [0.3, 0.4) is 0 Å². The Morgan fingerprint density at radius 1 is 1.29 bits per heavy atom. The molecule has 0 saturated carbocycles. The number of rotatable bonds is 8. The lowest BCUT2D eigenvalue weighted by Crippen LogP contribution is -2.40. The third kappa shape index (κ3) is 4.64. The van der Waals surface area contributed by atoms with Crippen molar-refractivity contribution in [2.75, 3.05) is 13.2 Å². The predicted molar refractivity (Wildman–Crippen MR) is 84.8 cm³/mol. The molecule has 0 bridgehead atoms. The number of aliphatic hydroxyl groups excluding tert-OH is 2. The number of carbonyl (C=O) groups excluding carboxylic acids is 2. The second-order valence-electron chi connectivity index (χ2n) is 5.19. The van der Waals surface area contributed by atoms with E-state index in [2.05, 4.69) is 15.5 Å². The molecule has 4 N–H and O–H groups in total. The molecule has 0 saturated heterocycles. The van der Waals surface area contributed by atoms with Crippen LogP contribution in [0, 0.1) is 0 Å². The minimum absolute atomic E-state index is 0.0525. The molecule has 0 aliphatic heterocycles. The fraction of sp³-hybridized carbons (Fsp3) is 0.312. The predicted octanol–water partition coefficient (Wildman–Crippen LogP) is 0.274. The maximum Gasteiger partial charge on any atom is 0.272 e. The van der Waals surface area contributed by atoms with Crippen molar-refractivity contribution in [2.24, 2.45) is 0 Å². The highest BCUT2D eigenvalue weighted by Gasteiger charge is 2.15. The Kier molecular flexibility index (Phi) is 6.05. The molecule has 2 rings (SSSR count). The first kappa shape index (κ1) is 17.6. The van der Waals surface area contributed by atoms with Gasteiger partial charge in [-0.3, -0.25) is 14.7 Å². The first-order chi connectivity index (χ1) is 11.5. The summed E-state index contributed by atoms with van der Waals surface area (Å²) in [5.41, 5.74) is 1.24. The molecule has 0 radical (unpaired) electrons. The summed E-state index contributed by atoms with van der Waals surface area (Å²) in [4.78, 5) is 23.2. The summed E-state index contributed by atoms with van der Waals surface area (Å²) in [5, 5.41) is 26.9. The largest absolute Gasteiger partial charge is 0.487 e. The summed E-state index contributed by atoms with van der Waals surface area (Å²) in [6.07, 6.45) is 0. The summed E-state index contributed by atoms with van der Waals surface area (Å²) in [6, 6.07) is 7.57. The highest BCUT2D eigenvalue weighted by Crippen LogP contribution is 2.15. The van der Waals surface area contributed by atoms with E-state index in [-0.39, 0.29) is 31.3 Å². The van der Waals surface area contributed by atoms with Crippen LogP contribution in [-0.2, 0) is 6.61 Å². The Hall–Kier alpha value is -2.71. The molecule has 1 amide bonds.